The third-order valence-corrected chi connectivity index (χ3v) is 1.75. The van der Waals surface area contributed by atoms with E-state index in [0.717, 1.165) is 6.54 Å². The first kappa shape index (κ1) is 11.7. The van der Waals surface area contributed by atoms with Gasteiger partial charge in [0.2, 0.25) is 0 Å². The van der Waals surface area contributed by atoms with Crippen molar-refractivity contribution in [2.24, 2.45) is 11.1 Å². The Morgan fingerprint density at radius 1 is 1.33 bits per heavy atom. The average Bonchev–Trinajstić information content (AvgIpc) is 1.95. The van der Waals surface area contributed by atoms with Crippen LogP contribution >= 0.6 is 0 Å². The van der Waals surface area contributed by atoms with Crippen molar-refractivity contribution >= 4 is 0 Å². The molecule has 0 rings (SSSR count). The van der Waals surface area contributed by atoms with Gasteiger partial charge < -0.3 is 5.73 Å². The van der Waals surface area contributed by atoms with Crippen LogP contribution in [0.5, 0.6) is 0 Å². The number of hydrogen-bond donors (Lipinski definition) is 1. The summed E-state index contributed by atoms with van der Waals surface area (Å²) in [7, 11) is 0. The van der Waals surface area contributed by atoms with Crippen LogP contribution < -0.4 is 5.73 Å². The molecule has 1 nitrogen and oxygen atoms in total. The summed E-state index contributed by atoms with van der Waals surface area (Å²) in [5.41, 5.74) is 7.34. The summed E-state index contributed by atoms with van der Waals surface area (Å²) in [6.07, 6.45) is 5.99. The standard InChI is InChI=1S/C11H23N/c1-5-6-7-10(9-12)8-11(2,3)4/h8H,5-7,9,12H2,1-4H3/b10-8-. The second-order valence-electron chi connectivity index (χ2n) is 4.48. The highest BCUT2D eigenvalue weighted by Gasteiger charge is 2.06. The van der Waals surface area contributed by atoms with Crippen LogP contribution in [0.1, 0.15) is 47.0 Å². The van der Waals surface area contributed by atoms with Crippen LogP contribution in [-0.2, 0) is 0 Å². The van der Waals surface area contributed by atoms with Crippen LogP contribution in [0.15, 0.2) is 11.6 Å². The van der Waals surface area contributed by atoms with Crippen molar-refractivity contribution in [3.8, 4) is 0 Å². The molecule has 2 N–H and O–H groups in total. The second-order valence-corrected chi connectivity index (χ2v) is 4.48. The zero-order valence-corrected chi connectivity index (χ0v) is 8.98. The van der Waals surface area contributed by atoms with E-state index in [-0.39, 0.29) is 5.41 Å². The normalized spacial score (nSPS) is 13.6. The van der Waals surface area contributed by atoms with Crippen LogP contribution in [0.3, 0.4) is 0 Å². The molecule has 0 aromatic carbocycles. The lowest BCUT2D eigenvalue weighted by Gasteiger charge is -2.15. The molecule has 12 heavy (non-hydrogen) atoms. The van der Waals surface area contributed by atoms with Gasteiger partial charge in [-0.05, 0) is 18.3 Å². The van der Waals surface area contributed by atoms with Crippen LogP contribution in [-0.4, -0.2) is 6.54 Å². The van der Waals surface area contributed by atoms with Crippen molar-refractivity contribution in [1.82, 2.24) is 0 Å². The topological polar surface area (TPSA) is 26.0 Å². The molecule has 0 heterocycles. The van der Waals surface area contributed by atoms with Gasteiger partial charge in [0.15, 0.2) is 0 Å². The molecule has 0 aromatic heterocycles. The van der Waals surface area contributed by atoms with Crippen LogP contribution in [0.2, 0.25) is 0 Å². The molecule has 0 saturated heterocycles. The monoisotopic (exact) mass is 169 g/mol. The first-order valence-electron chi connectivity index (χ1n) is 4.90. The van der Waals surface area contributed by atoms with Crippen molar-refractivity contribution in [2.75, 3.05) is 6.54 Å². The zero-order valence-electron chi connectivity index (χ0n) is 8.98. The summed E-state index contributed by atoms with van der Waals surface area (Å²) >= 11 is 0. The van der Waals surface area contributed by atoms with Gasteiger partial charge in [-0.15, -0.1) is 0 Å². The lowest BCUT2D eigenvalue weighted by Crippen LogP contribution is -2.08. The molecule has 0 fully saturated rings. The average molecular weight is 169 g/mol. The number of hydrogen-bond acceptors (Lipinski definition) is 1. The van der Waals surface area contributed by atoms with Gasteiger partial charge >= 0.3 is 0 Å². The van der Waals surface area contributed by atoms with Gasteiger partial charge in [-0.3, -0.25) is 0 Å². The van der Waals surface area contributed by atoms with Gasteiger partial charge in [0, 0.05) is 6.54 Å². The van der Waals surface area contributed by atoms with Gasteiger partial charge in [-0.2, -0.15) is 0 Å². The molecule has 0 aromatic rings. The predicted octanol–water partition coefficient (Wildman–Crippen LogP) is 3.11. The first-order chi connectivity index (χ1) is 5.49. The third-order valence-electron chi connectivity index (χ3n) is 1.75. The smallest absolute Gasteiger partial charge is 0.0137 e. The molecule has 0 aliphatic carbocycles. The van der Waals surface area contributed by atoms with Gasteiger partial charge in [0.1, 0.15) is 0 Å². The number of allylic oxidation sites excluding steroid dienone is 1. The van der Waals surface area contributed by atoms with E-state index in [2.05, 4.69) is 33.8 Å². The molecule has 0 aliphatic heterocycles. The van der Waals surface area contributed by atoms with Crippen molar-refractivity contribution in [3.63, 3.8) is 0 Å². The minimum atomic E-state index is 0.280. The SMILES string of the molecule is CCCC/C(=C/C(C)(C)C)CN. The van der Waals surface area contributed by atoms with Gasteiger partial charge in [0.05, 0.1) is 0 Å². The summed E-state index contributed by atoms with van der Waals surface area (Å²) < 4.78 is 0. The van der Waals surface area contributed by atoms with E-state index in [9.17, 15) is 0 Å². The number of unbranched alkanes of at least 4 members (excludes halogenated alkanes) is 1. The Kier molecular flexibility index (Phi) is 5.23. The highest BCUT2D eigenvalue weighted by atomic mass is 14.5. The van der Waals surface area contributed by atoms with Crippen molar-refractivity contribution < 1.29 is 0 Å². The van der Waals surface area contributed by atoms with Crippen LogP contribution in [0.25, 0.3) is 0 Å². The summed E-state index contributed by atoms with van der Waals surface area (Å²) in [6, 6.07) is 0. The van der Waals surface area contributed by atoms with Crippen molar-refractivity contribution in [1.29, 1.82) is 0 Å². The Morgan fingerprint density at radius 3 is 2.25 bits per heavy atom. The summed E-state index contributed by atoms with van der Waals surface area (Å²) in [6.45, 7) is 9.58. The largest absolute Gasteiger partial charge is 0.327 e. The summed E-state index contributed by atoms with van der Waals surface area (Å²) in [5.74, 6) is 0. The van der Waals surface area contributed by atoms with E-state index in [1.807, 2.05) is 0 Å². The zero-order chi connectivity index (χ0) is 9.61. The third kappa shape index (κ3) is 6.41. The Bertz CT molecular complexity index is 140. The minimum absolute atomic E-state index is 0.280. The predicted molar refractivity (Wildman–Crippen MR) is 56.1 cm³/mol. The van der Waals surface area contributed by atoms with Crippen molar-refractivity contribution in [2.45, 2.75) is 47.0 Å². The lowest BCUT2D eigenvalue weighted by atomic mass is 9.92. The van der Waals surface area contributed by atoms with Gasteiger partial charge in [0.25, 0.3) is 0 Å². The van der Waals surface area contributed by atoms with Crippen LogP contribution in [0.4, 0.5) is 0 Å². The maximum absolute atomic E-state index is 5.65. The molecule has 1 heteroatoms. The highest BCUT2D eigenvalue weighted by molar-refractivity contribution is 5.08. The van der Waals surface area contributed by atoms with E-state index in [1.165, 1.54) is 24.8 Å². The maximum atomic E-state index is 5.65. The Balaban J connectivity index is 4.04. The maximum Gasteiger partial charge on any atom is 0.0137 e. The fourth-order valence-electron chi connectivity index (χ4n) is 1.25. The quantitative estimate of drug-likeness (QED) is 0.643. The molecule has 0 atom stereocenters. The van der Waals surface area contributed by atoms with Crippen LogP contribution in [0, 0.1) is 5.41 Å². The summed E-state index contributed by atoms with van der Waals surface area (Å²) in [5, 5.41) is 0. The van der Waals surface area contributed by atoms with Gasteiger partial charge in [-0.1, -0.05) is 45.8 Å². The lowest BCUT2D eigenvalue weighted by molar-refractivity contribution is 0.535. The van der Waals surface area contributed by atoms with Gasteiger partial charge in [-0.25, -0.2) is 0 Å². The second kappa shape index (κ2) is 5.36. The number of nitrogens with two attached hydrogens (primary N) is 1. The molecule has 0 unspecified atom stereocenters. The first-order valence-corrected chi connectivity index (χ1v) is 4.90. The molecule has 0 spiro atoms. The van der Waals surface area contributed by atoms with E-state index >= 15 is 0 Å². The Hall–Kier alpha value is -0.300. The molecule has 0 bridgehead atoms. The minimum Gasteiger partial charge on any atom is -0.327 e. The van der Waals surface area contributed by atoms with E-state index in [1.54, 1.807) is 0 Å². The highest BCUT2D eigenvalue weighted by Crippen LogP contribution is 2.19. The van der Waals surface area contributed by atoms with E-state index in [0.29, 0.717) is 0 Å². The molecule has 0 radical (unpaired) electrons. The Labute approximate surface area is 77.0 Å². The number of rotatable bonds is 4. The molecule has 0 amide bonds. The van der Waals surface area contributed by atoms with E-state index in [4.69, 9.17) is 5.73 Å². The molecule has 0 aliphatic rings. The molecule has 72 valence electrons. The van der Waals surface area contributed by atoms with E-state index < -0.39 is 0 Å². The Morgan fingerprint density at radius 2 is 1.92 bits per heavy atom. The fraction of sp³-hybridized carbons (Fsp3) is 0.818. The fourth-order valence-corrected chi connectivity index (χ4v) is 1.25. The van der Waals surface area contributed by atoms with Crippen molar-refractivity contribution in [3.05, 3.63) is 11.6 Å². The molecular formula is C11H23N. The molecule has 0 saturated carbocycles. The molecular weight excluding hydrogens is 146 g/mol. The summed E-state index contributed by atoms with van der Waals surface area (Å²) in [4.78, 5) is 0.